The average Bonchev–Trinajstić information content (AvgIpc) is 2.77. The second-order valence-corrected chi connectivity index (χ2v) is 4.88. The van der Waals surface area contributed by atoms with Crippen LogP contribution in [0.2, 0.25) is 0 Å². The molecule has 1 aliphatic rings. The molecule has 1 atom stereocenters. The van der Waals surface area contributed by atoms with E-state index in [1.54, 1.807) is 18.2 Å². The van der Waals surface area contributed by atoms with Gasteiger partial charge in [0.05, 0.1) is 0 Å². The van der Waals surface area contributed by atoms with Crippen molar-refractivity contribution in [2.45, 2.75) is 5.60 Å². The zero-order chi connectivity index (χ0) is 15.9. The maximum Gasteiger partial charge on any atom is 0.291 e. The molecule has 0 heterocycles. The summed E-state index contributed by atoms with van der Waals surface area (Å²) >= 11 is 0. The molecular formula is C17H9N3O2. The molecule has 0 bridgehead atoms. The summed E-state index contributed by atoms with van der Waals surface area (Å²) in [5.41, 5.74) is 18.0. The zero-order valence-electron chi connectivity index (χ0n) is 11.4. The van der Waals surface area contributed by atoms with Crippen molar-refractivity contribution in [3.63, 3.8) is 0 Å². The topological polar surface area (TPSA) is 93.9 Å². The molecule has 0 aliphatic heterocycles. The average molecular weight is 287 g/mol. The zero-order valence-corrected chi connectivity index (χ0v) is 11.4. The summed E-state index contributed by atoms with van der Waals surface area (Å²) in [5, 5.41) is 13.1. The second kappa shape index (κ2) is 4.96. The molecule has 0 fully saturated rings. The molecule has 2 aromatic rings. The minimum atomic E-state index is -1.77. The van der Waals surface area contributed by atoms with E-state index in [1.165, 1.54) is 12.1 Å². The number of amides is 1. The van der Waals surface area contributed by atoms with E-state index in [-0.39, 0.29) is 5.56 Å². The van der Waals surface area contributed by atoms with Crippen LogP contribution in [-0.2, 0) is 10.7 Å². The molecule has 1 amide bonds. The molecule has 0 saturated carbocycles. The Kier molecular flexibility index (Phi) is 3.22. The molecule has 0 N–H and O–H groups in total. The number of rotatable bonds is 2. The summed E-state index contributed by atoms with van der Waals surface area (Å²) in [7, 11) is 0. The number of aliphatic imine (C=N–C) groups is 1. The SMILES string of the molecule is [CH2][C]C1([O])c2ccccc2-c2ccc(C(=O)N=C([N])[N])cc21. The normalized spacial score (nSPS) is 18.5. The van der Waals surface area contributed by atoms with Crippen molar-refractivity contribution in [1.82, 2.24) is 11.5 Å². The van der Waals surface area contributed by atoms with Gasteiger partial charge in [-0.3, -0.25) is 4.79 Å². The first-order valence-corrected chi connectivity index (χ1v) is 6.47. The fourth-order valence-electron chi connectivity index (χ4n) is 2.72. The van der Waals surface area contributed by atoms with Crippen LogP contribution in [0.25, 0.3) is 11.1 Å². The van der Waals surface area contributed by atoms with Crippen molar-refractivity contribution in [1.29, 1.82) is 0 Å². The lowest BCUT2D eigenvalue weighted by Crippen LogP contribution is -2.22. The van der Waals surface area contributed by atoms with Crippen LogP contribution in [0, 0.1) is 13.3 Å². The number of hydrogen-bond acceptors (Lipinski definition) is 1. The van der Waals surface area contributed by atoms with Gasteiger partial charge in [-0.2, -0.15) is 4.99 Å². The predicted octanol–water partition coefficient (Wildman–Crippen LogP) is 1.89. The van der Waals surface area contributed by atoms with E-state index < -0.39 is 17.5 Å². The summed E-state index contributed by atoms with van der Waals surface area (Å²) in [6.45, 7) is 3.51. The molecule has 0 saturated heterocycles. The summed E-state index contributed by atoms with van der Waals surface area (Å²) in [5.74, 6) is -2.16. The van der Waals surface area contributed by atoms with E-state index in [0.29, 0.717) is 16.7 Å². The molecule has 0 spiro atoms. The monoisotopic (exact) mass is 287 g/mol. The minimum absolute atomic E-state index is 0.0858. The van der Waals surface area contributed by atoms with Crippen molar-refractivity contribution in [2.24, 2.45) is 4.99 Å². The third-order valence-corrected chi connectivity index (χ3v) is 3.69. The minimum Gasteiger partial charge on any atom is -0.267 e. The number of nitrogens with zero attached hydrogens (tertiary/aromatic N) is 3. The standard InChI is InChI=1S/C17H9N3O2/c1-2-17(22)13-6-4-3-5-11(13)12-8-7-10(9-14(12)17)15(21)20-16(18)19/h3-9H,1H2. The Bertz CT molecular complexity index is 794. The van der Waals surface area contributed by atoms with Gasteiger partial charge in [0.1, 0.15) is 0 Å². The summed E-state index contributed by atoms with van der Waals surface area (Å²) < 4.78 is 0. The Balaban J connectivity index is 2.19. The lowest BCUT2D eigenvalue weighted by molar-refractivity contribution is 0.0408. The molecule has 3 rings (SSSR count). The van der Waals surface area contributed by atoms with E-state index in [4.69, 9.17) is 11.5 Å². The predicted molar refractivity (Wildman–Crippen MR) is 78.0 cm³/mol. The van der Waals surface area contributed by atoms with Gasteiger partial charge in [-0.15, -0.1) is 11.5 Å². The fourth-order valence-corrected chi connectivity index (χ4v) is 2.72. The Morgan fingerprint density at radius 1 is 1.09 bits per heavy atom. The van der Waals surface area contributed by atoms with Gasteiger partial charge in [0.25, 0.3) is 11.9 Å². The summed E-state index contributed by atoms with van der Waals surface area (Å²) in [6.07, 6.45) is 2.51. The van der Waals surface area contributed by atoms with Gasteiger partial charge >= 0.3 is 0 Å². The Morgan fingerprint density at radius 2 is 1.77 bits per heavy atom. The molecule has 104 valence electrons. The van der Waals surface area contributed by atoms with Crippen LogP contribution in [0.15, 0.2) is 47.5 Å². The van der Waals surface area contributed by atoms with Crippen LogP contribution < -0.4 is 11.5 Å². The van der Waals surface area contributed by atoms with Crippen LogP contribution in [-0.4, -0.2) is 11.9 Å². The van der Waals surface area contributed by atoms with E-state index in [0.717, 1.165) is 5.56 Å². The molecular weight excluding hydrogens is 278 g/mol. The Labute approximate surface area is 128 Å². The number of carbonyl (C=O) groups excluding carboxylic acids is 1. The van der Waals surface area contributed by atoms with Crippen LogP contribution in [0.1, 0.15) is 21.5 Å². The van der Waals surface area contributed by atoms with Crippen LogP contribution in [0.5, 0.6) is 0 Å². The Hall–Kier alpha value is -2.66. The van der Waals surface area contributed by atoms with Crippen molar-refractivity contribution >= 4 is 11.9 Å². The van der Waals surface area contributed by atoms with Crippen molar-refractivity contribution < 1.29 is 9.90 Å². The van der Waals surface area contributed by atoms with Gasteiger partial charge < -0.3 is 0 Å². The maximum absolute atomic E-state index is 13.1. The fraction of sp³-hybridized carbons (Fsp3) is 0.0588. The van der Waals surface area contributed by atoms with E-state index in [9.17, 15) is 9.90 Å². The molecule has 5 heteroatoms. The van der Waals surface area contributed by atoms with Gasteiger partial charge in [0, 0.05) is 23.1 Å². The molecule has 1 aliphatic carbocycles. The molecule has 0 aromatic heterocycles. The molecule has 2 aromatic carbocycles. The van der Waals surface area contributed by atoms with Crippen molar-refractivity contribution in [3.8, 4) is 11.1 Å². The molecule has 5 nitrogen and oxygen atoms in total. The summed E-state index contributed by atoms with van der Waals surface area (Å²) in [6, 6.07) is 11.6. The third-order valence-electron chi connectivity index (χ3n) is 3.69. The lowest BCUT2D eigenvalue weighted by Gasteiger charge is -2.20. The van der Waals surface area contributed by atoms with E-state index in [2.05, 4.69) is 18.3 Å². The lowest BCUT2D eigenvalue weighted by atomic mass is 9.88. The highest BCUT2D eigenvalue weighted by Crippen LogP contribution is 2.49. The third kappa shape index (κ3) is 1.98. The van der Waals surface area contributed by atoms with Crippen molar-refractivity contribution in [2.75, 3.05) is 0 Å². The van der Waals surface area contributed by atoms with Crippen molar-refractivity contribution in [3.05, 3.63) is 72.5 Å². The number of benzene rings is 2. The molecule has 1 unspecified atom stereocenters. The highest BCUT2D eigenvalue weighted by atomic mass is 16.3. The maximum atomic E-state index is 13.1. The van der Waals surface area contributed by atoms with Gasteiger partial charge in [0.2, 0.25) is 0 Å². The van der Waals surface area contributed by atoms with Gasteiger partial charge in [-0.05, 0) is 30.2 Å². The van der Waals surface area contributed by atoms with Crippen LogP contribution >= 0.6 is 0 Å². The van der Waals surface area contributed by atoms with Gasteiger partial charge in [-0.25, -0.2) is 5.11 Å². The number of fused-ring (bicyclic) bond motifs is 3. The van der Waals surface area contributed by atoms with Crippen LogP contribution in [0.4, 0.5) is 0 Å². The Morgan fingerprint density at radius 3 is 2.45 bits per heavy atom. The highest BCUT2D eigenvalue weighted by Gasteiger charge is 2.42. The highest BCUT2D eigenvalue weighted by molar-refractivity contribution is 6.02. The van der Waals surface area contributed by atoms with E-state index >= 15 is 0 Å². The first-order chi connectivity index (χ1) is 10.5. The first kappa shape index (κ1) is 14.3. The molecule has 8 radical (unpaired) electrons. The number of hydrogen-bond donors (Lipinski definition) is 0. The number of guanidine groups is 1. The van der Waals surface area contributed by atoms with Gasteiger partial charge in [-0.1, -0.05) is 30.3 Å². The first-order valence-electron chi connectivity index (χ1n) is 6.47. The summed E-state index contributed by atoms with van der Waals surface area (Å²) in [4.78, 5) is 14.8. The quantitative estimate of drug-likeness (QED) is 0.612. The second-order valence-electron chi connectivity index (χ2n) is 4.88. The molecule has 22 heavy (non-hydrogen) atoms. The van der Waals surface area contributed by atoms with Crippen LogP contribution in [0.3, 0.4) is 0 Å². The van der Waals surface area contributed by atoms with Gasteiger partial charge in [0.15, 0.2) is 5.60 Å². The smallest absolute Gasteiger partial charge is 0.267 e. The van der Waals surface area contributed by atoms with E-state index in [1.807, 2.05) is 12.1 Å². The largest absolute Gasteiger partial charge is 0.291 e. The number of carbonyl (C=O) groups is 1.